The van der Waals surface area contributed by atoms with Gasteiger partial charge in [-0.05, 0) is 24.8 Å². The van der Waals surface area contributed by atoms with Crippen LogP contribution in [0.1, 0.15) is 18.4 Å². The predicted octanol–water partition coefficient (Wildman–Crippen LogP) is 1.01. The average molecular weight is 234 g/mol. The molecule has 0 unspecified atom stereocenters. The van der Waals surface area contributed by atoms with Gasteiger partial charge in [0.15, 0.2) is 0 Å². The summed E-state index contributed by atoms with van der Waals surface area (Å²) in [7, 11) is 0. The molecular formula is C14H22N2O. The van der Waals surface area contributed by atoms with Crippen molar-refractivity contribution in [3.05, 3.63) is 35.9 Å². The summed E-state index contributed by atoms with van der Waals surface area (Å²) in [6.07, 6.45) is 2.60. The zero-order chi connectivity index (χ0) is 12.1. The summed E-state index contributed by atoms with van der Waals surface area (Å²) in [5, 5.41) is 9.44. The van der Waals surface area contributed by atoms with E-state index in [1.165, 1.54) is 5.56 Å². The molecule has 3 heteroatoms. The van der Waals surface area contributed by atoms with E-state index in [4.69, 9.17) is 5.73 Å². The molecule has 1 aromatic rings. The van der Waals surface area contributed by atoms with Gasteiger partial charge in [-0.25, -0.2) is 0 Å². The Balaban J connectivity index is 1.76. The number of nitrogens with zero attached hydrogens (tertiary/aromatic N) is 1. The first kappa shape index (κ1) is 12.6. The van der Waals surface area contributed by atoms with Crippen LogP contribution in [0.5, 0.6) is 0 Å². The second kappa shape index (κ2) is 6.15. The molecule has 17 heavy (non-hydrogen) atoms. The van der Waals surface area contributed by atoms with Crippen LogP contribution in [0.4, 0.5) is 0 Å². The van der Waals surface area contributed by atoms with E-state index in [1.807, 2.05) is 6.07 Å². The number of nitrogens with two attached hydrogens (primary N) is 1. The van der Waals surface area contributed by atoms with Crippen LogP contribution in [0.15, 0.2) is 30.3 Å². The quantitative estimate of drug-likeness (QED) is 0.817. The van der Waals surface area contributed by atoms with Gasteiger partial charge in [-0.2, -0.15) is 0 Å². The number of likely N-dealkylation sites (tertiary alicyclic amines) is 1. The molecule has 2 rings (SSSR count). The first-order valence-electron chi connectivity index (χ1n) is 6.44. The zero-order valence-electron chi connectivity index (χ0n) is 10.3. The van der Waals surface area contributed by atoms with Crippen molar-refractivity contribution in [1.29, 1.82) is 0 Å². The Labute approximate surface area is 103 Å². The standard InChI is InChI=1S/C14H22N2O/c15-13(10-12-4-2-1-3-5-12)11-16-8-6-14(17)7-9-16/h1-5,13-14,17H,6-11,15H2/t13-/m1/s1. The van der Waals surface area contributed by atoms with E-state index in [9.17, 15) is 5.11 Å². The Hall–Kier alpha value is -0.900. The van der Waals surface area contributed by atoms with Crippen LogP contribution >= 0.6 is 0 Å². The van der Waals surface area contributed by atoms with Gasteiger partial charge in [0.1, 0.15) is 0 Å². The van der Waals surface area contributed by atoms with E-state index >= 15 is 0 Å². The number of hydrogen-bond acceptors (Lipinski definition) is 3. The Morgan fingerprint density at radius 1 is 1.24 bits per heavy atom. The number of piperidine rings is 1. The van der Waals surface area contributed by atoms with Crippen LogP contribution in [0.2, 0.25) is 0 Å². The second-order valence-corrected chi connectivity index (χ2v) is 4.98. The summed E-state index contributed by atoms with van der Waals surface area (Å²) < 4.78 is 0. The Morgan fingerprint density at radius 2 is 1.88 bits per heavy atom. The van der Waals surface area contributed by atoms with Crippen molar-refractivity contribution >= 4 is 0 Å². The molecule has 1 aliphatic rings. The molecule has 1 saturated heterocycles. The van der Waals surface area contributed by atoms with Crippen LogP contribution in [0, 0.1) is 0 Å². The lowest BCUT2D eigenvalue weighted by Crippen LogP contribution is -2.43. The number of benzene rings is 1. The Morgan fingerprint density at radius 3 is 2.53 bits per heavy atom. The zero-order valence-corrected chi connectivity index (χ0v) is 10.3. The molecular weight excluding hydrogens is 212 g/mol. The monoisotopic (exact) mass is 234 g/mol. The van der Waals surface area contributed by atoms with Crippen LogP contribution in [0.3, 0.4) is 0 Å². The van der Waals surface area contributed by atoms with Gasteiger partial charge in [-0.15, -0.1) is 0 Å². The third kappa shape index (κ3) is 4.11. The van der Waals surface area contributed by atoms with Crippen molar-refractivity contribution < 1.29 is 5.11 Å². The Kier molecular flexibility index (Phi) is 4.54. The number of aliphatic hydroxyl groups excluding tert-OH is 1. The van der Waals surface area contributed by atoms with E-state index in [-0.39, 0.29) is 12.1 Å². The van der Waals surface area contributed by atoms with E-state index < -0.39 is 0 Å². The summed E-state index contributed by atoms with van der Waals surface area (Å²) >= 11 is 0. The second-order valence-electron chi connectivity index (χ2n) is 4.98. The lowest BCUT2D eigenvalue weighted by atomic mass is 10.0. The van der Waals surface area contributed by atoms with Crippen molar-refractivity contribution in [1.82, 2.24) is 4.90 Å². The normalized spacial score (nSPS) is 20.4. The van der Waals surface area contributed by atoms with Crippen LogP contribution in [-0.4, -0.2) is 41.8 Å². The summed E-state index contributed by atoms with van der Waals surface area (Å²) in [6, 6.07) is 10.6. The molecule has 0 radical (unpaired) electrons. The Bertz CT molecular complexity index is 320. The van der Waals surface area contributed by atoms with Gasteiger partial charge in [0.2, 0.25) is 0 Å². The molecule has 1 atom stereocenters. The highest BCUT2D eigenvalue weighted by molar-refractivity contribution is 5.15. The van der Waals surface area contributed by atoms with Crippen molar-refractivity contribution in [2.75, 3.05) is 19.6 Å². The van der Waals surface area contributed by atoms with Crippen molar-refractivity contribution in [3.63, 3.8) is 0 Å². The molecule has 0 saturated carbocycles. The minimum Gasteiger partial charge on any atom is -0.393 e. The van der Waals surface area contributed by atoms with Crippen molar-refractivity contribution in [2.24, 2.45) is 5.73 Å². The summed E-state index contributed by atoms with van der Waals surface area (Å²) in [4.78, 5) is 2.36. The average Bonchev–Trinajstić information content (AvgIpc) is 2.33. The maximum Gasteiger partial charge on any atom is 0.0564 e. The first-order chi connectivity index (χ1) is 8.24. The van der Waals surface area contributed by atoms with Crippen molar-refractivity contribution in [2.45, 2.75) is 31.4 Å². The highest BCUT2D eigenvalue weighted by Gasteiger charge is 2.18. The van der Waals surface area contributed by atoms with Crippen LogP contribution in [0.25, 0.3) is 0 Å². The summed E-state index contributed by atoms with van der Waals surface area (Å²) in [6.45, 7) is 2.88. The molecule has 1 aliphatic heterocycles. The number of hydrogen-bond donors (Lipinski definition) is 2. The molecule has 1 heterocycles. The lowest BCUT2D eigenvalue weighted by Gasteiger charge is -2.31. The minimum absolute atomic E-state index is 0.100. The molecule has 94 valence electrons. The maximum atomic E-state index is 9.44. The first-order valence-corrected chi connectivity index (χ1v) is 6.44. The van der Waals surface area contributed by atoms with Gasteiger partial charge >= 0.3 is 0 Å². The molecule has 0 amide bonds. The van der Waals surface area contributed by atoms with Gasteiger partial charge < -0.3 is 15.7 Å². The third-order valence-electron chi connectivity index (χ3n) is 3.39. The largest absolute Gasteiger partial charge is 0.393 e. The van der Waals surface area contributed by atoms with Gasteiger partial charge in [0.05, 0.1) is 6.10 Å². The fourth-order valence-corrected chi connectivity index (χ4v) is 2.41. The van der Waals surface area contributed by atoms with Crippen molar-refractivity contribution in [3.8, 4) is 0 Å². The van der Waals surface area contributed by atoms with Gasteiger partial charge in [-0.1, -0.05) is 30.3 Å². The molecule has 0 aliphatic carbocycles. The highest BCUT2D eigenvalue weighted by atomic mass is 16.3. The molecule has 1 aromatic carbocycles. The van der Waals surface area contributed by atoms with Gasteiger partial charge in [-0.3, -0.25) is 0 Å². The van der Waals surface area contributed by atoms with Crippen LogP contribution in [-0.2, 0) is 6.42 Å². The van der Waals surface area contributed by atoms with Gasteiger partial charge in [0, 0.05) is 25.7 Å². The van der Waals surface area contributed by atoms with Gasteiger partial charge in [0.25, 0.3) is 0 Å². The predicted molar refractivity (Wildman–Crippen MR) is 69.8 cm³/mol. The molecule has 3 nitrogen and oxygen atoms in total. The van der Waals surface area contributed by atoms with E-state index in [1.54, 1.807) is 0 Å². The number of aliphatic hydroxyl groups is 1. The molecule has 3 N–H and O–H groups in total. The van der Waals surface area contributed by atoms with E-state index in [2.05, 4.69) is 29.2 Å². The lowest BCUT2D eigenvalue weighted by molar-refractivity contribution is 0.0798. The smallest absolute Gasteiger partial charge is 0.0564 e. The number of rotatable bonds is 4. The molecule has 1 fully saturated rings. The molecule has 0 spiro atoms. The summed E-state index contributed by atoms with van der Waals surface area (Å²) in [5.41, 5.74) is 7.47. The van der Waals surface area contributed by atoms with Crippen LogP contribution < -0.4 is 5.73 Å². The summed E-state index contributed by atoms with van der Waals surface area (Å²) in [5.74, 6) is 0. The minimum atomic E-state index is -0.100. The maximum absolute atomic E-state index is 9.44. The third-order valence-corrected chi connectivity index (χ3v) is 3.39. The SMILES string of the molecule is N[C@H](Cc1ccccc1)CN1CCC(O)CC1. The molecule has 0 aromatic heterocycles. The molecule has 0 bridgehead atoms. The van der Waals surface area contributed by atoms with E-state index in [0.717, 1.165) is 38.9 Å². The highest BCUT2D eigenvalue weighted by Crippen LogP contribution is 2.11. The fraction of sp³-hybridized carbons (Fsp3) is 0.571. The fourth-order valence-electron chi connectivity index (χ4n) is 2.41. The topological polar surface area (TPSA) is 49.5 Å². The van der Waals surface area contributed by atoms with E-state index in [0.29, 0.717) is 0 Å².